The number of halogens is 2. The van der Waals surface area contributed by atoms with Crippen LogP contribution in [0.1, 0.15) is 18.4 Å². The molecule has 1 aliphatic heterocycles. The summed E-state index contributed by atoms with van der Waals surface area (Å²) < 4.78 is 0. The number of nitrogens with one attached hydrogen (secondary N) is 1. The molecular formula is C22H27Cl2N3O. The second-order valence-corrected chi connectivity index (χ2v) is 8.16. The van der Waals surface area contributed by atoms with Crippen LogP contribution in [-0.2, 0) is 11.3 Å². The highest BCUT2D eigenvalue weighted by atomic mass is 35.5. The average Bonchev–Trinajstić information content (AvgIpc) is 2.72. The minimum atomic E-state index is 0.104. The van der Waals surface area contributed by atoms with Crippen molar-refractivity contribution in [1.29, 1.82) is 0 Å². The van der Waals surface area contributed by atoms with Crippen molar-refractivity contribution in [3.05, 3.63) is 64.1 Å². The number of nitrogens with zero attached hydrogens (tertiary/aromatic N) is 2. The molecule has 0 atom stereocenters. The molecule has 0 bridgehead atoms. The van der Waals surface area contributed by atoms with Gasteiger partial charge in [-0.1, -0.05) is 47.5 Å². The first-order chi connectivity index (χ1) is 13.5. The first-order valence-corrected chi connectivity index (χ1v) is 10.5. The lowest BCUT2D eigenvalue weighted by atomic mass is 9.95. The lowest BCUT2D eigenvalue weighted by Gasteiger charge is -2.31. The number of anilines is 1. The smallest absolute Gasteiger partial charge is 0.223 e. The third-order valence-electron chi connectivity index (χ3n) is 5.29. The van der Waals surface area contributed by atoms with Crippen LogP contribution < -0.4 is 10.2 Å². The van der Waals surface area contributed by atoms with Gasteiger partial charge in [-0.25, -0.2) is 0 Å². The lowest BCUT2D eigenvalue weighted by Crippen LogP contribution is -2.42. The van der Waals surface area contributed by atoms with Crippen molar-refractivity contribution in [3.8, 4) is 0 Å². The Morgan fingerprint density at radius 1 is 1.11 bits per heavy atom. The summed E-state index contributed by atoms with van der Waals surface area (Å²) in [5.41, 5.74) is 2.31. The Morgan fingerprint density at radius 3 is 2.50 bits per heavy atom. The van der Waals surface area contributed by atoms with E-state index in [1.807, 2.05) is 43.4 Å². The molecule has 4 nitrogen and oxygen atoms in total. The summed E-state index contributed by atoms with van der Waals surface area (Å²) >= 11 is 12.1. The van der Waals surface area contributed by atoms with Crippen molar-refractivity contribution in [2.75, 3.05) is 38.1 Å². The van der Waals surface area contributed by atoms with Gasteiger partial charge in [-0.05, 0) is 55.8 Å². The number of likely N-dealkylation sites (tertiary alicyclic amines) is 1. The largest absolute Gasteiger partial charge is 0.373 e. The normalized spacial score (nSPS) is 15.4. The Hall–Kier alpha value is -1.75. The number of benzene rings is 2. The molecule has 2 aromatic carbocycles. The van der Waals surface area contributed by atoms with E-state index in [-0.39, 0.29) is 11.8 Å². The molecule has 1 N–H and O–H groups in total. The van der Waals surface area contributed by atoms with Crippen molar-refractivity contribution < 1.29 is 4.79 Å². The third kappa shape index (κ3) is 5.87. The van der Waals surface area contributed by atoms with Crippen LogP contribution in [-0.4, -0.2) is 44.0 Å². The molecule has 150 valence electrons. The summed E-state index contributed by atoms with van der Waals surface area (Å²) in [7, 11) is 2.04. The van der Waals surface area contributed by atoms with Crippen LogP contribution in [0, 0.1) is 5.92 Å². The molecule has 1 saturated heterocycles. The molecule has 0 aromatic heterocycles. The van der Waals surface area contributed by atoms with Gasteiger partial charge in [0.1, 0.15) is 0 Å². The molecule has 28 heavy (non-hydrogen) atoms. The molecule has 0 saturated carbocycles. The van der Waals surface area contributed by atoms with E-state index in [9.17, 15) is 4.79 Å². The number of piperidine rings is 1. The fourth-order valence-corrected chi connectivity index (χ4v) is 3.87. The quantitative estimate of drug-likeness (QED) is 0.719. The maximum Gasteiger partial charge on any atom is 0.223 e. The summed E-state index contributed by atoms with van der Waals surface area (Å²) in [5, 5.41) is 4.27. The Labute approximate surface area is 177 Å². The molecule has 2 aromatic rings. The van der Waals surface area contributed by atoms with Gasteiger partial charge in [0.25, 0.3) is 0 Å². The Morgan fingerprint density at radius 2 is 1.82 bits per heavy atom. The van der Waals surface area contributed by atoms with Gasteiger partial charge in [0.15, 0.2) is 0 Å². The summed E-state index contributed by atoms with van der Waals surface area (Å²) in [6.07, 6.45) is 1.78. The summed E-state index contributed by atoms with van der Waals surface area (Å²) in [4.78, 5) is 17.0. The van der Waals surface area contributed by atoms with Gasteiger partial charge in [-0.15, -0.1) is 0 Å². The number of para-hydroxylation sites is 1. The number of amides is 1. The fourth-order valence-electron chi connectivity index (χ4n) is 3.55. The third-order valence-corrected chi connectivity index (χ3v) is 6.03. The molecule has 1 heterocycles. The molecule has 1 fully saturated rings. The summed E-state index contributed by atoms with van der Waals surface area (Å²) in [6, 6.07) is 16.0. The van der Waals surface area contributed by atoms with Crippen LogP contribution in [0.4, 0.5) is 5.69 Å². The summed E-state index contributed by atoms with van der Waals surface area (Å²) in [5.74, 6) is 0.280. The zero-order chi connectivity index (χ0) is 19.9. The maximum atomic E-state index is 12.5. The highest BCUT2D eigenvalue weighted by molar-refractivity contribution is 6.42. The Balaban J connectivity index is 1.38. The highest BCUT2D eigenvalue weighted by Gasteiger charge is 2.24. The zero-order valence-electron chi connectivity index (χ0n) is 16.2. The van der Waals surface area contributed by atoms with E-state index < -0.39 is 0 Å². The highest BCUT2D eigenvalue weighted by Crippen LogP contribution is 2.25. The second kappa shape index (κ2) is 10.1. The first kappa shape index (κ1) is 21.0. The van der Waals surface area contributed by atoms with Gasteiger partial charge in [0, 0.05) is 38.3 Å². The standard InChI is InChI=1S/C22H27Cl2N3O/c1-26(19-5-3-2-4-6-19)14-11-25-22(28)18-9-12-27(13-10-18)16-17-7-8-20(23)21(24)15-17/h2-8,15,18H,9-14,16H2,1H3,(H,25,28). The number of carbonyl (C=O) groups excluding carboxylic acids is 1. The number of likely N-dealkylation sites (N-methyl/N-ethyl adjacent to an activating group) is 1. The monoisotopic (exact) mass is 419 g/mol. The number of hydrogen-bond acceptors (Lipinski definition) is 3. The molecule has 0 aliphatic carbocycles. The number of hydrogen-bond donors (Lipinski definition) is 1. The molecule has 1 amide bonds. The average molecular weight is 420 g/mol. The minimum absolute atomic E-state index is 0.104. The number of carbonyl (C=O) groups is 1. The zero-order valence-corrected chi connectivity index (χ0v) is 17.7. The van der Waals surface area contributed by atoms with Gasteiger partial charge >= 0.3 is 0 Å². The van der Waals surface area contributed by atoms with Gasteiger partial charge in [0.05, 0.1) is 10.0 Å². The van der Waals surface area contributed by atoms with E-state index >= 15 is 0 Å². The molecular weight excluding hydrogens is 393 g/mol. The molecule has 6 heteroatoms. The van der Waals surface area contributed by atoms with Crippen LogP contribution in [0.3, 0.4) is 0 Å². The molecule has 1 aliphatic rings. The van der Waals surface area contributed by atoms with E-state index in [2.05, 4.69) is 27.2 Å². The van der Waals surface area contributed by atoms with Crippen molar-refractivity contribution in [1.82, 2.24) is 10.2 Å². The van der Waals surface area contributed by atoms with Crippen molar-refractivity contribution in [2.45, 2.75) is 19.4 Å². The SMILES string of the molecule is CN(CCNC(=O)C1CCN(Cc2ccc(Cl)c(Cl)c2)CC1)c1ccccc1. The van der Waals surface area contributed by atoms with E-state index in [0.29, 0.717) is 16.6 Å². The number of rotatable bonds is 7. The van der Waals surface area contributed by atoms with Crippen LogP contribution in [0.15, 0.2) is 48.5 Å². The fraction of sp³-hybridized carbons (Fsp3) is 0.409. The van der Waals surface area contributed by atoms with E-state index in [1.165, 1.54) is 0 Å². The van der Waals surface area contributed by atoms with Crippen LogP contribution in [0.5, 0.6) is 0 Å². The predicted octanol–water partition coefficient (Wildman–Crippen LogP) is 4.46. The van der Waals surface area contributed by atoms with Gasteiger partial charge in [-0.2, -0.15) is 0 Å². The van der Waals surface area contributed by atoms with Gasteiger partial charge in [-0.3, -0.25) is 9.69 Å². The van der Waals surface area contributed by atoms with Gasteiger partial charge in [0.2, 0.25) is 5.91 Å². The van der Waals surface area contributed by atoms with Crippen LogP contribution in [0.2, 0.25) is 10.0 Å². The summed E-state index contributed by atoms with van der Waals surface area (Å²) in [6.45, 7) is 4.14. The van der Waals surface area contributed by atoms with Crippen LogP contribution >= 0.6 is 23.2 Å². The molecule has 0 unspecified atom stereocenters. The topological polar surface area (TPSA) is 35.6 Å². The lowest BCUT2D eigenvalue weighted by molar-refractivity contribution is -0.126. The van der Waals surface area contributed by atoms with E-state index in [4.69, 9.17) is 23.2 Å². The van der Waals surface area contributed by atoms with E-state index in [1.54, 1.807) is 0 Å². The Kier molecular flexibility index (Phi) is 7.60. The Bertz CT molecular complexity index is 777. The van der Waals surface area contributed by atoms with Gasteiger partial charge < -0.3 is 10.2 Å². The van der Waals surface area contributed by atoms with Crippen molar-refractivity contribution in [2.24, 2.45) is 5.92 Å². The van der Waals surface area contributed by atoms with Crippen molar-refractivity contribution >= 4 is 34.8 Å². The molecule has 0 radical (unpaired) electrons. The van der Waals surface area contributed by atoms with Crippen LogP contribution in [0.25, 0.3) is 0 Å². The van der Waals surface area contributed by atoms with Crippen molar-refractivity contribution in [3.63, 3.8) is 0 Å². The predicted molar refractivity (Wildman–Crippen MR) is 117 cm³/mol. The maximum absolute atomic E-state index is 12.5. The molecule has 3 rings (SSSR count). The first-order valence-electron chi connectivity index (χ1n) is 9.73. The minimum Gasteiger partial charge on any atom is -0.373 e. The second-order valence-electron chi connectivity index (χ2n) is 7.35. The molecule has 0 spiro atoms. The van der Waals surface area contributed by atoms with E-state index in [0.717, 1.165) is 50.3 Å².